The number of para-hydroxylation sites is 1. The Labute approximate surface area is 274 Å². The van der Waals surface area contributed by atoms with Crippen LogP contribution in [0.4, 0.5) is 0 Å². The number of allylic oxidation sites excluding steroid dienone is 1. The van der Waals surface area contributed by atoms with Gasteiger partial charge in [-0.15, -0.1) is 0 Å². The molecule has 0 bridgehead atoms. The minimum absolute atomic E-state index is 0.0231. The highest BCUT2D eigenvalue weighted by Gasteiger charge is 2.36. The van der Waals surface area contributed by atoms with Gasteiger partial charge in [-0.3, -0.25) is 0 Å². The number of hydrogen-bond acceptors (Lipinski definition) is 6. The molecule has 6 heteroatoms. The average Bonchev–Trinajstić information content (AvgIpc) is 3.82. The van der Waals surface area contributed by atoms with Gasteiger partial charge in [0, 0.05) is 39.2 Å². The van der Waals surface area contributed by atoms with E-state index in [1.165, 1.54) is 33.0 Å². The summed E-state index contributed by atoms with van der Waals surface area (Å²) in [7, 11) is 0. The van der Waals surface area contributed by atoms with Crippen LogP contribution >= 0.6 is 0 Å². The first-order valence-corrected chi connectivity index (χ1v) is 16.1. The zero-order chi connectivity index (χ0) is 31.3. The number of rotatable bonds is 3. The summed E-state index contributed by atoms with van der Waals surface area (Å²) in [5, 5.41) is 4.54. The molecular weight excluding hydrogens is 592 g/mol. The molecule has 0 amide bonds. The van der Waals surface area contributed by atoms with Gasteiger partial charge in [-0.2, -0.15) is 0 Å². The molecule has 0 N–H and O–H groups in total. The molecule has 3 aliphatic rings. The Kier molecular flexibility index (Phi) is 5.13. The maximum atomic E-state index is 6.27. The Bertz CT molecular complexity index is 2740. The van der Waals surface area contributed by atoms with Crippen molar-refractivity contribution < 1.29 is 9.15 Å². The third kappa shape index (κ3) is 3.57. The highest BCUT2D eigenvalue weighted by molar-refractivity contribution is 6.16. The number of nitrogens with zero attached hydrogens (tertiary/aromatic N) is 4. The lowest BCUT2D eigenvalue weighted by molar-refractivity contribution is 0.230. The molecule has 224 valence electrons. The molecule has 6 aromatic carbocycles. The quantitative estimate of drug-likeness (QED) is 0.198. The number of ether oxygens (including phenoxy) is 1. The lowest BCUT2D eigenvalue weighted by Crippen LogP contribution is -2.17. The summed E-state index contributed by atoms with van der Waals surface area (Å²) >= 11 is 0. The third-order valence-corrected chi connectivity index (χ3v) is 9.87. The van der Waals surface area contributed by atoms with Crippen molar-refractivity contribution in [1.82, 2.24) is 15.0 Å². The molecule has 4 heterocycles. The van der Waals surface area contributed by atoms with Crippen molar-refractivity contribution in [3.63, 3.8) is 0 Å². The van der Waals surface area contributed by atoms with Gasteiger partial charge in [-0.25, -0.2) is 19.9 Å². The van der Waals surface area contributed by atoms with Crippen LogP contribution in [-0.2, 0) is 0 Å². The first-order chi connectivity index (χ1) is 23.8. The van der Waals surface area contributed by atoms with Gasteiger partial charge in [0.05, 0.1) is 5.92 Å². The van der Waals surface area contributed by atoms with E-state index in [9.17, 15) is 0 Å². The molecule has 0 saturated heterocycles. The zero-order valence-corrected chi connectivity index (χ0v) is 25.5. The number of aliphatic imine (C=N–C) groups is 1. The molecule has 2 aliphatic heterocycles. The van der Waals surface area contributed by atoms with E-state index in [-0.39, 0.29) is 12.1 Å². The molecule has 2 unspecified atom stereocenters. The van der Waals surface area contributed by atoms with Crippen LogP contribution < -0.4 is 4.74 Å². The maximum absolute atomic E-state index is 6.27. The summed E-state index contributed by atoms with van der Waals surface area (Å²) in [6, 6.07) is 39.9. The van der Waals surface area contributed by atoms with Gasteiger partial charge in [0.25, 0.3) is 0 Å². The van der Waals surface area contributed by atoms with E-state index in [1.54, 1.807) is 6.21 Å². The standard InChI is InChI=1S/C42H24N4O2/c1-2-16-33-28(10-1)37-29(13-5-17-34(37)47-33)40-44-39(24-19-20-25-26-11-3-8-23-9-4-12-27(36(23)26)32(25)22-24)45-41(46-40)30-14-6-18-35-38(30)31-15-7-21-43-42(31)48-35/h1-22,31,42H. The van der Waals surface area contributed by atoms with E-state index >= 15 is 0 Å². The second-order valence-electron chi connectivity index (χ2n) is 12.5. The van der Waals surface area contributed by atoms with Crippen LogP contribution in [0.3, 0.4) is 0 Å². The van der Waals surface area contributed by atoms with Crippen LogP contribution in [0.15, 0.2) is 137 Å². The number of benzene rings is 6. The van der Waals surface area contributed by atoms with Crippen LogP contribution in [0, 0.1) is 0 Å². The van der Waals surface area contributed by atoms with E-state index < -0.39 is 0 Å². The van der Waals surface area contributed by atoms with Crippen molar-refractivity contribution in [1.29, 1.82) is 0 Å². The molecule has 6 nitrogen and oxygen atoms in total. The topological polar surface area (TPSA) is 73.4 Å². The Morgan fingerprint density at radius 3 is 2.19 bits per heavy atom. The normalized spacial score (nSPS) is 16.8. The largest absolute Gasteiger partial charge is 0.467 e. The lowest BCUT2D eigenvalue weighted by Gasteiger charge is -2.15. The molecule has 8 aromatic rings. The van der Waals surface area contributed by atoms with Crippen LogP contribution in [0.5, 0.6) is 5.75 Å². The molecule has 0 saturated carbocycles. The van der Waals surface area contributed by atoms with Gasteiger partial charge >= 0.3 is 0 Å². The second-order valence-corrected chi connectivity index (χ2v) is 12.5. The Morgan fingerprint density at radius 2 is 1.27 bits per heavy atom. The summed E-state index contributed by atoms with van der Waals surface area (Å²) < 4.78 is 12.5. The molecule has 0 spiro atoms. The Hall–Kier alpha value is -6.40. The first kappa shape index (κ1) is 25.8. The molecule has 0 fully saturated rings. The minimum atomic E-state index is -0.293. The highest BCUT2D eigenvalue weighted by atomic mass is 16.5. The maximum Gasteiger partial charge on any atom is 0.199 e. The number of hydrogen-bond donors (Lipinski definition) is 0. The van der Waals surface area contributed by atoms with E-state index in [1.807, 2.05) is 48.5 Å². The molecule has 11 rings (SSSR count). The number of furan rings is 1. The molecule has 2 aromatic heterocycles. The van der Waals surface area contributed by atoms with Gasteiger partial charge in [0.2, 0.25) is 0 Å². The molecule has 1 aliphatic carbocycles. The summed E-state index contributed by atoms with van der Waals surface area (Å²) in [5.41, 5.74) is 10.3. The highest BCUT2D eigenvalue weighted by Crippen LogP contribution is 2.49. The van der Waals surface area contributed by atoms with E-state index in [0.29, 0.717) is 17.5 Å². The molecule has 2 atom stereocenters. The monoisotopic (exact) mass is 616 g/mol. The van der Waals surface area contributed by atoms with Crippen LogP contribution in [0.25, 0.3) is 89.1 Å². The molecule has 0 radical (unpaired) electrons. The average molecular weight is 617 g/mol. The van der Waals surface area contributed by atoms with Crippen LogP contribution in [0.1, 0.15) is 11.5 Å². The number of fused-ring (bicyclic) bond motifs is 9. The fraction of sp³-hybridized carbons (Fsp3) is 0.0476. The number of aromatic nitrogens is 3. The SMILES string of the molecule is C1=CC2c3c(cccc3-c3nc(-c4ccc5c(c4)-c4cccc6cccc-5c46)nc(-c4cccc5oc6ccccc6c45)n3)OC2N=C1. The van der Waals surface area contributed by atoms with Crippen molar-refractivity contribution in [2.45, 2.75) is 12.1 Å². The van der Waals surface area contributed by atoms with Gasteiger partial charge in [-0.05, 0) is 63.4 Å². The Balaban J connectivity index is 1.16. The molecule has 48 heavy (non-hydrogen) atoms. The summed E-state index contributed by atoms with van der Waals surface area (Å²) in [6.07, 6.45) is 5.63. The van der Waals surface area contributed by atoms with Crippen molar-refractivity contribution in [2.24, 2.45) is 4.99 Å². The van der Waals surface area contributed by atoms with Crippen LogP contribution in [-0.4, -0.2) is 27.4 Å². The second kappa shape index (κ2) is 9.56. The zero-order valence-electron chi connectivity index (χ0n) is 25.5. The van der Waals surface area contributed by atoms with Crippen molar-refractivity contribution in [3.05, 3.63) is 133 Å². The summed E-state index contributed by atoms with van der Waals surface area (Å²) in [6.45, 7) is 0. The van der Waals surface area contributed by atoms with Crippen molar-refractivity contribution >= 4 is 38.9 Å². The van der Waals surface area contributed by atoms with Gasteiger partial charge in [0.1, 0.15) is 16.9 Å². The predicted octanol–water partition coefficient (Wildman–Crippen LogP) is 10.0. The van der Waals surface area contributed by atoms with E-state index in [2.05, 4.69) is 83.9 Å². The van der Waals surface area contributed by atoms with E-state index in [4.69, 9.17) is 24.1 Å². The Morgan fingerprint density at radius 1 is 0.542 bits per heavy atom. The fourth-order valence-electron chi connectivity index (χ4n) is 7.79. The summed E-state index contributed by atoms with van der Waals surface area (Å²) in [4.78, 5) is 20.2. The predicted molar refractivity (Wildman–Crippen MR) is 190 cm³/mol. The first-order valence-electron chi connectivity index (χ1n) is 16.1. The van der Waals surface area contributed by atoms with Crippen molar-refractivity contribution in [2.75, 3.05) is 0 Å². The third-order valence-electron chi connectivity index (χ3n) is 9.87. The van der Waals surface area contributed by atoms with Crippen LogP contribution in [0.2, 0.25) is 0 Å². The molecular formula is C42H24N4O2. The van der Waals surface area contributed by atoms with Gasteiger partial charge in [-0.1, -0.05) is 97.1 Å². The van der Waals surface area contributed by atoms with Gasteiger partial charge < -0.3 is 9.15 Å². The smallest absolute Gasteiger partial charge is 0.199 e. The lowest BCUT2D eigenvalue weighted by atomic mass is 9.92. The van der Waals surface area contributed by atoms with E-state index in [0.717, 1.165) is 49.9 Å². The van der Waals surface area contributed by atoms with Crippen molar-refractivity contribution in [3.8, 4) is 62.2 Å². The minimum Gasteiger partial charge on any atom is -0.467 e. The fourth-order valence-corrected chi connectivity index (χ4v) is 7.79. The number of dihydropyridines is 1. The van der Waals surface area contributed by atoms with Gasteiger partial charge in [0.15, 0.2) is 23.7 Å². The summed E-state index contributed by atoms with van der Waals surface area (Å²) in [5.74, 6) is 2.57.